The molecule has 0 saturated heterocycles. The summed E-state index contributed by atoms with van der Waals surface area (Å²) < 4.78 is 6.43. The molecule has 0 atom stereocenters. The zero-order valence-electron chi connectivity index (χ0n) is 15.1. The molecule has 0 radical (unpaired) electrons. The first-order chi connectivity index (χ1) is 12.8. The number of hydrogen-bond acceptors (Lipinski definition) is 6. The zero-order chi connectivity index (χ0) is 19.6. The molecule has 1 amide bonds. The van der Waals surface area contributed by atoms with Crippen LogP contribution >= 0.6 is 11.3 Å². The number of carbonyl (C=O) groups excluding carboxylic acids is 1. The highest BCUT2D eigenvalue weighted by Gasteiger charge is 2.20. The van der Waals surface area contributed by atoms with Crippen molar-refractivity contribution in [1.29, 1.82) is 0 Å². The Balaban J connectivity index is 2.03. The average Bonchev–Trinajstić information content (AvgIpc) is 3.27. The molecule has 3 rings (SSSR count). The predicted molar refractivity (Wildman–Crippen MR) is 103 cm³/mol. The fraction of sp³-hybridized carbons (Fsp3) is 0.263. The maximum absolute atomic E-state index is 12.5. The van der Waals surface area contributed by atoms with Crippen LogP contribution in [0.4, 0.5) is 0 Å². The Labute approximate surface area is 160 Å². The van der Waals surface area contributed by atoms with E-state index in [2.05, 4.69) is 21.5 Å². The highest BCUT2D eigenvalue weighted by molar-refractivity contribution is 7.13. The number of thiophene rings is 1. The van der Waals surface area contributed by atoms with E-state index in [9.17, 15) is 9.59 Å². The van der Waals surface area contributed by atoms with Gasteiger partial charge in [0.1, 0.15) is 12.2 Å². The summed E-state index contributed by atoms with van der Waals surface area (Å²) in [6.07, 6.45) is 5.39. The first kappa shape index (κ1) is 18.6. The number of rotatable bonds is 5. The Kier molecular flexibility index (Phi) is 4.97. The van der Waals surface area contributed by atoms with E-state index < -0.39 is 17.0 Å². The Hall–Kier alpha value is -3.18. The first-order valence-corrected chi connectivity index (χ1v) is 9.05. The minimum atomic E-state index is -0.811. The molecule has 0 unspecified atom stereocenters. The monoisotopic (exact) mass is 382 g/mol. The standard InChI is InChI=1S/C19H18N4O3S/c1-5-19(3,4)20-16(24)11-23-17(25)10-13(14-9-12(2)22-26-14)18(21-23)15-7-6-8-27-15/h1,6-10H,11H2,2-4H3,(H,20,24). The van der Waals surface area contributed by atoms with Gasteiger partial charge < -0.3 is 9.84 Å². The summed E-state index contributed by atoms with van der Waals surface area (Å²) in [7, 11) is 0. The maximum Gasteiger partial charge on any atom is 0.268 e. The van der Waals surface area contributed by atoms with Gasteiger partial charge in [0.15, 0.2) is 5.76 Å². The van der Waals surface area contributed by atoms with Crippen LogP contribution in [-0.2, 0) is 11.3 Å². The van der Waals surface area contributed by atoms with Gasteiger partial charge in [-0.1, -0.05) is 17.1 Å². The molecule has 0 aliphatic rings. The van der Waals surface area contributed by atoms with Gasteiger partial charge in [0, 0.05) is 12.1 Å². The molecule has 0 bridgehead atoms. The molecule has 0 saturated carbocycles. The summed E-state index contributed by atoms with van der Waals surface area (Å²) in [5, 5.41) is 12.9. The van der Waals surface area contributed by atoms with Crippen molar-refractivity contribution in [3.63, 3.8) is 0 Å². The van der Waals surface area contributed by atoms with E-state index in [1.54, 1.807) is 26.8 Å². The fourth-order valence-corrected chi connectivity index (χ4v) is 3.16. The number of nitrogens with zero attached hydrogens (tertiary/aromatic N) is 3. The number of nitrogens with one attached hydrogen (secondary N) is 1. The molecule has 7 nitrogen and oxygen atoms in total. The third-order valence-electron chi connectivity index (χ3n) is 3.75. The number of carbonyl (C=O) groups is 1. The number of amides is 1. The van der Waals surface area contributed by atoms with Gasteiger partial charge in [0.05, 0.1) is 21.7 Å². The van der Waals surface area contributed by atoms with Crippen LogP contribution in [0.2, 0.25) is 0 Å². The van der Waals surface area contributed by atoms with Crippen LogP contribution in [0.1, 0.15) is 19.5 Å². The Morgan fingerprint density at radius 2 is 2.22 bits per heavy atom. The largest absolute Gasteiger partial charge is 0.356 e. The molecule has 3 heterocycles. The molecule has 3 aromatic rings. The first-order valence-electron chi connectivity index (χ1n) is 8.17. The number of terminal acetylenes is 1. The van der Waals surface area contributed by atoms with Gasteiger partial charge in [0.2, 0.25) is 5.91 Å². The molecule has 138 valence electrons. The Morgan fingerprint density at radius 3 is 2.81 bits per heavy atom. The van der Waals surface area contributed by atoms with Crippen molar-refractivity contribution >= 4 is 17.2 Å². The smallest absolute Gasteiger partial charge is 0.268 e. The van der Waals surface area contributed by atoms with Crippen LogP contribution in [0, 0.1) is 19.3 Å². The van der Waals surface area contributed by atoms with Crippen molar-refractivity contribution in [2.75, 3.05) is 0 Å². The van der Waals surface area contributed by atoms with Crippen LogP contribution in [0.15, 0.2) is 39.0 Å². The van der Waals surface area contributed by atoms with E-state index >= 15 is 0 Å². The molecular formula is C19H18N4O3S. The van der Waals surface area contributed by atoms with Gasteiger partial charge in [-0.15, -0.1) is 17.8 Å². The summed E-state index contributed by atoms with van der Waals surface area (Å²) >= 11 is 1.47. The second kappa shape index (κ2) is 7.21. The van der Waals surface area contributed by atoms with E-state index in [1.807, 2.05) is 17.5 Å². The van der Waals surface area contributed by atoms with E-state index in [-0.39, 0.29) is 6.54 Å². The van der Waals surface area contributed by atoms with E-state index in [1.165, 1.54) is 17.4 Å². The lowest BCUT2D eigenvalue weighted by molar-refractivity contribution is -0.122. The van der Waals surface area contributed by atoms with Crippen LogP contribution in [0.25, 0.3) is 21.9 Å². The molecular weight excluding hydrogens is 364 g/mol. The van der Waals surface area contributed by atoms with Gasteiger partial charge in [-0.05, 0) is 32.2 Å². The number of hydrogen-bond donors (Lipinski definition) is 1. The quantitative estimate of drug-likeness (QED) is 0.685. The third kappa shape index (κ3) is 4.15. The second-order valence-electron chi connectivity index (χ2n) is 6.53. The van der Waals surface area contributed by atoms with Crippen LogP contribution in [0.5, 0.6) is 0 Å². The minimum Gasteiger partial charge on any atom is -0.356 e. The normalized spacial score (nSPS) is 11.2. The van der Waals surface area contributed by atoms with Gasteiger partial charge in [0.25, 0.3) is 5.56 Å². The Morgan fingerprint density at radius 1 is 1.44 bits per heavy atom. The van der Waals surface area contributed by atoms with Crippen LogP contribution < -0.4 is 10.9 Å². The lowest BCUT2D eigenvalue weighted by Crippen LogP contribution is -2.45. The lowest BCUT2D eigenvalue weighted by atomic mass is 10.1. The van der Waals surface area contributed by atoms with E-state index in [0.29, 0.717) is 22.7 Å². The zero-order valence-corrected chi connectivity index (χ0v) is 16.0. The van der Waals surface area contributed by atoms with Crippen molar-refractivity contribution in [3.05, 3.63) is 45.7 Å². The summed E-state index contributed by atoms with van der Waals surface area (Å²) in [6, 6.07) is 6.91. The van der Waals surface area contributed by atoms with Crippen LogP contribution in [-0.4, -0.2) is 26.4 Å². The van der Waals surface area contributed by atoms with E-state index in [0.717, 1.165) is 9.56 Å². The molecule has 27 heavy (non-hydrogen) atoms. The number of aromatic nitrogens is 3. The van der Waals surface area contributed by atoms with Gasteiger partial charge in [-0.2, -0.15) is 5.10 Å². The van der Waals surface area contributed by atoms with Crippen molar-refractivity contribution < 1.29 is 9.32 Å². The molecule has 1 N–H and O–H groups in total. The third-order valence-corrected chi connectivity index (χ3v) is 4.63. The minimum absolute atomic E-state index is 0.238. The SMILES string of the molecule is C#CC(C)(C)NC(=O)Cn1nc(-c2cccs2)c(-c2cc(C)no2)cc1=O. The topological polar surface area (TPSA) is 90.0 Å². The van der Waals surface area contributed by atoms with Crippen molar-refractivity contribution in [1.82, 2.24) is 20.3 Å². The van der Waals surface area contributed by atoms with Gasteiger partial charge >= 0.3 is 0 Å². The molecule has 8 heteroatoms. The van der Waals surface area contributed by atoms with Gasteiger partial charge in [-0.3, -0.25) is 9.59 Å². The van der Waals surface area contributed by atoms with Crippen molar-refractivity contribution in [3.8, 4) is 34.2 Å². The van der Waals surface area contributed by atoms with Crippen molar-refractivity contribution in [2.24, 2.45) is 0 Å². The summed E-state index contributed by atoms with van der Waals surface area (Å²) in [5.41, 5.74) is 0.540. The molecule has 0 aliphatic carbocycles. The fourth-order valence-electron chi connectivity index (χ4n) is 2.44. The molecule has 0 spiro atoms. The molecule has 3 aromatic heterocycles. The van der Waals surface area contributed by atoms with Crippen molar-refractivity contribution in [2.45, 2.75) is 32.9 Å². The highest BCUT2D eigenvalue weighted by Crippen LogP contribution is 2.32. The lowest BCUT2D eigenvalue weighted by Gasteiger charge is -2.19. The summed E-state index contributed by atoms with van der Waals surface area (Å²) in [4.78, 5) is 25.6. The highest BCUT2D eigenvalue weighted by atomic mass is 32.1. The second-order valence-corrected chi connectivity index (χ2v) is 7.48. The molecule has 0 aromatic carbocycles. The maximum atomic E-state index is 12.5. The molecule has 0 aliphatic heterocycles. The van der Waals surface area contributed by atoms with Crippen LogP contribution in [0.3, 0.4) is 0 Å². The average molecular weight is 382 g/mol. The molecule has 0 fully saturated rings. The summed E-state index contributed by atoms with van der Waals surface area (Å²) in [5.74, 6) is 2.54. The predicted octanol–water partition coefficient (Wildman–Crippen LogP) is 2.46. The number of aryl methyl sites for hydroxylation is 1. The van der Waals surface area contributed by atoms with Gasteiger partial charge in [-0.25, -0.2) is 4.68 Å². The summed E-state index contributed by atoms with van der Waals surface area (Å²) in [6.45, 7) is 4.96. The Bertz CT molecular complexity index is 1070. The van der Waals surface area contributed by atoms with E-state index in [4.69, 9.17) is 10.9 Å².